The number of hydrogen-bond acceptors (Lipinski definition) is 4. The molecule has 0 aliphatic carbocycles. The zero-order chi connectivity index (χ0) is 14.5. The number of aryl methyl sites for hydroxylation is 1. The molecule has 0 aromatic carbocycles. The predicted octanol–water partition coefficient (Wildman–Crippen LogP) is 3.03. The first-order valence-electron chi connectivity index (χ1n) is 6.27. The first-order valence-corrected chi connectivity index (χ1v) is 7.06. The number of aromatic nitrogens is 2. The number of rotatable bonds is 4. The summed E-state index contributed by atoms with van der Waals surface area (Å²) in [5.74, 6) is 0.137. The second-order valence-corrected chi connectivity index (χ2v) is 5.19. The van der Waals surface area contributed by atoms with Crippen LogP contribution in [-0.4, -0.2) is 15.9 Å². The molecular weight excluding hydrogens is 320 g/mol. The summed E-state index contributed by atoms with van der Waals surface area (Å²) < 4.78 is 0.726. The fourth-order valence-electron chi connectivity index (χ4n) is 1.80. The van der Waals surface area contributed by atoms with Gasteiger partial charge in [0.05, 0.1) is 10.2 Å². The third-order valence-electron chi connectivity index (χ3n) is 2.69. The van der Waals surface area contributed by atoms with Crippen LogP contribution in [0.25, 0.3) is 0 Å². The number of carbonyl (C=O) groups is 1. The number of carbonyl (C=O) groups excluding carboxylic acids is 1. The lowest BCUT2D eigenvalue weighted by molar-refractivity contribution is 0.102. The van der Waals surface area contributed by atoms with Gasteiger partial charge in [-0.05, 0) is 40.5 Å². The number of amides is 1. The van der Waals surface area contributed by atoms with Gasteiger partial charge in [-0.25, -0.2) is 4.98 Å². The van der Waals surface area contributed by atoms with Crippen LogP contribution in [0.5, 0.6) is 0 Å². The summed E-state index contributed by atoms with van der Waals surface area (Å²) in [6, 6.07) is 5.06. The van der Waals surface area contributed by atoms with Crippen molar-refractivity contribution in [1.82, 2.24) is 9.97 Å². The van der Waals surface area contributed by atoms with Crippen LogP contribution in [0.3, 0.4) is 0 Å². The standard InChI is InChI=1S/C14H15BrN4O/c1-2-3-10-6-9(7-13(16)18-10)14(20)19-12-4-5-17-8-11(12)15/h4-8H,2-3H2,1H3,(H2,16,18)(H,17,19,20). The van der Waals surface area contributed by atoms with Crippen LogP contribution in [0.2, 0.25) is 0 Å². The Hall–Kier alpha value is -1.95. The van der Waals surface area contributed by atoms with Crippen LogP contribution in [-0.2, 0) is 6.42 Å². The van der Waals surface area contributed by atoms with Gasteiger partial charge < -0.3 is 11.1 Å². The maximum Gasteiger partial charge on any atom is 0.255 e. The number of hydrogen-bond donors (Lipinski definition) is 2. The summed E-state index contributed by atoms with van der Waals surface area (Å²) >= 11 is 3.34. The van der Waals surface area contributed by atoms with Crippen LogP contribution in [0.1, 0.15) is 29.4 Å². The van der Waals surface area contributed by atoms with E-state index in [2.05, 4.69) is 38.1 Å². The van der Waals surface area contributed by atoms with Gasteiger partial charge in [-0.2, -0.15) is 0 Å². The van der Waals surface area contributed by atoms with Gasteiger partial charge in [-0.3, -0.25) is 9.78 Å². The van der Waals surface area contributed by atoms with Crippen molar-refractivity contribution >= 4 is 33.3 Å². The van der Waals surface area contributed by atoms with Crippen molar-refractivity contribution in [2.45, 2.75) is 19.8 Å². The highest BCUT2D eigenvalue weighted by atomic mass is 79.9. The molecule has 2 aromatic rings. The molecule has 0 bridgehead atoms. The average Bonchev–Trinajstić information content (AvgIpc) is 2.41. The van der Waals surface area contributed by atoms with Crippen molar-refractivity contribution < 1.29 is 4.79 Å². The molecule has 0 radical (unpaired) electrons. The Morgan fingerprint density at radius 1 is 1.45 bits per heavy atom. The molecule has 2 rings (SSSR count). The maximum absolute atomic E-state index is 12.2. The lowest BCUT2D eigenvalue weighted by Crippen LogP contribution is -2.14. The summed E-state index contributed by atoms with van der Waals surface area (Å²) in [6.07, 6.45) is 4.99. The SMILES string of the molecule is CCCc1cc(C(=O)Nc2ccncc2Br)cc(N)n1. The van der Waals surface area contributed by atoms with Gasteiger partial charge in [0, 0.05) is 23.7 Å². The Labute approximate surface area is 125 Å². The second-order valence-electron chi connectivity index (χ2n) is 4.33. The fourth-order valence-corrected chi connectivity index (χ4v) is 2.15. The Balaban J connectivity index is 2.23. The van der Waals surface area contributed by atoms with Crippen molar-refractivity contribution in [3.05, 3.63) is 46.3 Å². The summed E-state index contributed by atoms with van der Waals surface area (Å²) in [5, 5.41) is 2.81. The molecule has 2 heterocycles. The van der Waals surface area contributed by atoms with Gasteiger partial charge in [-0.15, -0.1) is 0 Å². The number of nitrogens with two attached hydrogens (primary N) is 1. The summed E-state index contributed by atoms with van der Waals surface area (Å²) in [5.41, 5.74) is 7.73. The molecule has 3 N–H and O–H groups in total. The van der Waals surface area contributed by atoms with Crippen LogP contribution in [0.4, 0.5) is 11.5 Å². The minimum Gasteiger partial charge on any atom is -0.384 e. The van der Waals surface area contributed by atoms with Crippen LogP contribution in [0.15, 0.2) is 35.1 Å². The molecule has 2 aromatic heterocycles. The fraction of sp³-hybridized carbons (Fsp3) is 0.214. The predicted molar refractivity (Wildman–Crippen MR) is 82.5 cm³/mol. The Bertz CT molecular complexity index is 630. The molecule has 1 amide bonds. The van der Waals surface area contributed by atoms with Gasteiger partial charge in [0.1, 0.15) is 5.82 Å². The van der Waals surface area contributed by atoms with Crippen LogP contribution >= 0.6 is 15.9 Å². The second kappa shape index (κ2) is 6.47. The summed E-state index contributed by atoms with van der Waals surface area (Å²) in [6.45, 7) is 2.05. The number of pyridine rings is 2. The van der Waals surface area contributed by atoms with E-state index in [-0.39, 0.29) is 5.91 Å². The molecule has 0 aliphatic rings. The Morgan fingerprint density at radius 3 is 2.95 bits per heavy atom. The third-order valence-corrected chi connectivity index (χ3v) is 3.32. The quantitative estimate of drug-likeness (QED) is 0.900. The van der Waals surface area contributed by atoms with Gasteiger partial charge in [0.25, 0.3) is 5.91 Å². The van der Waals surface area contributed by atoms with E-state index in [0.29, 0.717) is 17.1 Å². The Kier molecular flexibility index (Phi) is 4.68. The molecule has 104 valence electrons. The van der Waals surface area contributed by atoms with E-state index in [1.807, 2.05) is 0 Å². The average molecular weight is 335 g/mol. The van der Waals surface area contributed by atoms with Crippen LogP contribution in [0, 0.1) is 0 Å². The number of halogens is 1. The van der Waals surface area contributed by atoms with Gasteiger partial charge in [0.15, 0.2) is 0 Å². The lowest BCUT2D eigenvalue weighted by atomic mass is 10.1. The molecule has 5 nitrogen and oxygen atoms in total. The minimum atomic E-state index is -0.219. The number of nitrogens with zero attached hydrogens (tertiary/aromatic N) is 2. The largest absolute Gasteiger partial charge is 0.384 e. The van der Waals surface area contributed by atoms with E-state index in [1.54, 1.807) is 30.6 Å². The zero-order valence-electron chi connectivity index (χ0n) is 11.1. The first-order chi connectivity index (χ1) is 9.60. The Morgan fingerprint density at radius 2 is 2.25 bits per heavy atom. The number of nitrogen functional groups attached to an aromatic ring is 1. The van der Waals surface area contributed by atoms with Gasteiger partial charge >= 0.3 is 0 Å². The van der Waals surface area contributed by atoms with Crippen molar-refractivity contribution in [3.8, 4) is 0 Å². The molecule has 0 unspecified atom stereocenters. The van der Waals surface area contributed by atoms with E-state index >= 15 is 0 Å². The zero-order valence-corrected chi connectivity index (χ0v) is 12.6. The molecule has 20 heavy (non-hydrogen) atoms. The van der Waals surface area contributed by atoms with E-state index in [4.69, 9.17) is 5.73 Å². The van der Waals surface area contributed by atoms with Crippen molar-refractivity contribution in [2.24, 2.45) is 0 Å². The number of anilines is 2. The molecular formula is C14H15BrN4O. The molecule has 0 spiro atoms. The maximum atomic E-state index is 12.2. The molecule has 0 aliphatic heterocycles. The highest BCUT2D eigenvalue weighted by Gasteiger charge is 2.10. The summed E-state index contributed by atoms with van der Waals surface area (Å²) in [4.78, 5) is 20.4. The topological polar surface area (TPSA) is 80.9 Å². The van der Waals surface area contributed by atoms with Crippen molar-refractivity contribution in [2.75, 3.05) is 11.1 Å². The molecule has 0 fully saturated rings. The van der Waals surface area contributed by atoms with Crippen molar-refractivity contribution in [3.63, 3.8) is 0 Å². The van der Waals surface area contributed by atoms with E-state index in [9.17, 15) is 4.79 Å². The van der Waals surface area contributed by atoms with E-state index in [0.717, 1.165) is 23.0 Å². The van der Waals surface area contributed by atoms with Gasteiger partial charge in [-0.1, -0.05) is 13.3 Å². The molecule has 0 atom stereocenters. The first kappa shape index (κ1) is 14.5. The monoisotopic (exact) mass is 334 g/mol. The highest BCUT2D eigenvalue weighted by Crippen LogP contribution is 2.21. The van der Waals surface area contributed by atoms with E-state index < -0.39 is 0 Å². The molecule has 6 heteroatoms. The normalized spacial score (nSPS) is 10.3. The lowest BCUT2D eigenvalue weighted by Gasteiger charge is -2.08. The highest BCUT2D eigenvalue weighted by molar-refractivity contribution is 9.10. The molecule has 0 saturated heterocycles. The van der Waals surface area contributed by atoms with Gasteiger partial charge in [0.2, 0.25) is 0 Å². The number of nitrogens with one attached hydrogen (secondary N) is 1. The van der Waals surface area contributed by atoms with Crippen LogP contribution < -0.4 is 11.1 Å². The van der Waals surface area contributed by atoms with E-state index in [1.165, 1.54) is 0 Å². The smallest absolute Gasteiger partial charge is 0.255 e. The third kappa shape index (κ3) is 3.54. The summed E-state index contributed by atoms with van der Waals surface area (Å²) in [7, 11) is 0. The molecule has 0 saturated carbocycles. The minimum absolute atomic E-state index is 0.219. The van der Waals surface area contributed by atoms with Crippen molar-refractivity contribution in [1.29, 1.82) is 0 Å².